The molecule has 1 unspecified atom stereocenters. The number of hydrogen-bond acceptors (Lipinski definition) is 5. The van der Waals surface area contributed by atoms with Gasteiger partial charge in [-0.1, -0.05) is 6.42 Å². The quantitative estimate of drug-likeness (QED) is 0.726. The van der Waals surface area contributed by atoms with Crippen LogP contribution in [0.5, 0.6) is 0 Å². The van der Waals surface area contributed by atoms with Gasteiger partial charge in [0, 0.05) is 39.3 Å². The van der Waals surface area contributed by atoms with Crippen LogP contribution in [-0.2, 0) is 14.3 Å². The minimum absolute atomic E-state index is 0.00893. The number of alkyl halides is 3. The molecule has 0 bridgehead atoms. The number of morpholine rings is 1. The summed E-state index contributed by atoms with van der Waals surface area (Å²) >= 11 is 0. The smallest absolute Gasteiger partial charge is 0.475 e. The second-order valence-corrected chi connectivity index (χ2v) is 8.29. The van der Waals surface area contributed by atoms with Gasteiger partial charge in [-0.2, -0.15) is 13.2 Å². The predicted molar refractivity (Wildman–Crippen MR) is 93.7 cm³/mol. The Morgan fingerprint density at radius 3 is 2.21 bits per heavy atom. The number of likely N-dealkylation sites (N-methyl/N-ethyl adjacent to an activating group) is 1. The van der Waals surface area contributed by atoms with Crippen molar-refractivity contribution in [2.75, 3.05) is 39.8 Å². The van der Waals surface area contributed by atoms with Crippen LogP contribution in [0.25, 0.3) is 0 Å². The highest BCUT2D eigenvalue weighted by Gasteiger charge is 2.52. The van der Waals surface area contributed by atoms with Gasteiger partial charge in [0.25, 0.3) is 0 Å². The molecule has 7 nitrogen and oxygen atoms in total. The number of nitrogens with zero attached hydrogens (tertiary/aromatic N) is 2. The summed E-state index contributed by atoms with van der Waals surface area (Å²) in [6.45, 7) is 4.71. The van der Waals surface area contributed by atoms with Crippen molar-refractivity contribution < 1.29 is 32.6 Å². The normalized spacial score (nSPS) is 27.9. The minimum Gasteiger partial charge on any atom is -0.475 e. The lowest BCUT2D eigenvalue weighted by Gasteiger charge is -2.58. The summed E-state index contributed by atoms with van der Waals surface area (Å²) in [5.74, 6) is -1.83. The zero-order chi connectivity index (χ0) is 20.5. The lowest BCUT2D eigenvalue weighted by molar-refractivity contribution is -0.212. The number of aliphatic carboxylic acids is 1. The Balaban J connectivity index is 0.000000279. The maximum Gasteiger partial charge on any atom is 0.490 e. The van der Waals surface area contributed by atoms with Crippen molar-refractivity contribution in [1.82, 2.24) is 15.1 Å². The standard InChI is InChI=1S/C16H27N3O2.C2HF3O2/c1-17-15(20)14-8-21-16(9-18(14)7-12-5-6-12)10-19(11-16)13-3-2-4-13;3-2(4,5)1(6)7/h12-14H,2-11H2,1H3,(H,17,20);(H,6,7). The fourth-order valence-electron chi connectivity index (χ4n) is 4.01. The highest BCUT2D eigenvalue weighted by Crippen LogP contribution is 2.39. The number of carboxylic acid groups (broad SMARTS) is 1. The first-order valence-electron chi connectivity index (χ1n) is 9.77. The zero-order valence-electron chi connectivity index (χ0n) is 16.0. The number of carboxylic acids is 1. The molecule has 0 radical (unpaired) electrons. The maximum atomic E-state index is 12.1. The number of nitrogens with one attached hydrogen (secondary N) is 1. The van der Waals surface area contributed by atoms with Crippen molar-refractivity contribution in [1.29, 1.82) is 0 Å². The van der Waals surface area contributed by atoms with Crippen molar-refractivity contribution in [3.63, 3.8) is 0 Å². The topological polar surface area (TPSA) is 82.1 Å². The molecule has 0 aromatic carbocycles. The summed E-state index contributed by atoms with van der Waals surface area (Å²) in [5.41, 5.74) is 0.00893. The number of rotatable bonds is 4. The number of hydrogen-bond donors (Lipinski definition) is 2. The molecule has 0 aromatic heterocycles. The fraction of sp³-hybridized carbons (Fsp3) is 0.889. The SMILES string of the molecule is CNC(=O)C1COC2(CN(C3CCC3)C2)CN1CC1CC1.O=C(O)C(F)(F)F. The van der Waals surface area contributed by atoms with Crippen LogP contribution in [0, 0.1) is 5.92 Å². The van der Waals surface area contributed by atoms with E-state index in [9.17, 15) is 18.0 Å². The third-order valence-electron chi connectivity index (χ3n) is 6.03. The first-order chi connectivity index (χ1) is 13.1. The number of carbonyl (C=O) groups is 2. The van der Waals surface area contributed by atoms with Crippen molar-refractivity contribution in [3.8, 4) is 0 Å². The summed E-state index contributed by atoms with van der Waals surface area (Å²) in [6.07, 6.45) is 1.70. The molecule has 1 atom stereocenters. The first-order valence-corrected chi connectivity index (χ1v) is 9.77. The zero-order valence-corrected chi connectivity index (χ0v) is 16.0. The van der Waals surface area contributed by atoms with Gasteiger partial charge >= 0.3 is 12.1 Å². The number of halogens is 3. The Hall–Kier alpha value is -1.39. The van der Waals surface area contributed by atoms with E-state index in [-0.39, 0.29) is 17.6 Å². The van der Waals surface area contributed by atoms with Crippen LogP contribution in [0.1, 0.15) is 32.1 Å². The molecule has 2 aliphatic heterocycles. The van der Waals surface area contributed by atoms with E-state index in [1.807, 2.05) is 0 Å². The van der Waals surface area contributed by atoms with Gasteiger partial charge in [0.1, 0.15) is 11.6 Å². The summed E-state index contributed by atoms with van der Waals surface area (Å²) < 4.78 is 37.9. The molecule has 10 heteroatoms. The molecule has 2 saturated carbocycles. The van der Waals surface area contributed by atoms with Crippen LogP contribution in [0.4, 0.5) is 13.2 Å². The van der Waals surface area contributed by atoms with E-state index in [2.05, 4.69) is 15.1 Å². The van der Waals surface area contributed by atoms with Gasteiger partial charge in [-0.3, -0.25) is 14.6 Å². The van der Waals surface area contributed by atoms with Crippen LogP contribution in [0.15, 0.2) is 0 Å². The molecule has 160 valence electrons. The van der Waals surface area contributed by atoms with E-state index in [1.165, 1.54) is 32.1 Å². The molecule has 2 heterocycles. The molecular weight excluding hydrogens is 379 g/mol. The highest BCUT2D eigenvalue weighted by atomic mass is 19.4. The van der Waals surface area contributed by atoms with Gasteiger partial charge in [0.05, 0.1) is 6.61 Å². The number of amides is 1. The third kappa shape index (κ3) is 4.96. The lowest BCUT2D eigenvalue weighted by Crippen LogP contribution is -2.74. The summed E-state index contributed by atoms with van der Waals surface area (Å²) in [4.78, 5) is 26.0. The first kappa shape index (κ1) is 21.3. The molecule has 4 fully saturated rings. The highest BCUT2D eigenvalue weighted by molar-refractivity contribution is 5.81. The molecule has 2 aliphatic carbocycles. The van der Waals surface area contributed by atoms with E-state index >= 15 is 0 Å². The summed E-state index contributed by atoms with van der Waals surface area (Å²) in [7, 11) is 1.73. The van der Waals surface area contributed by atoms with Gasteiger partial charge in [0.15, 0.2) is 0 Å². The van der Waals surface area contributed by atoms with Crippen LogP contribution in [-0.4, -0.2) is 90.5 Å². The second kappa shape index (κ2) is 8.16. The van der Waals surface area contributed by atoms with Gasteiger partial charge in [-0.25, -0.2) is 4.79 Å². The molecule has 1 spiro atoms. The molecule has 1 amide bonds. The molecule has 2 saturated heterocycles. The van der Waals surface area contributed by atoms with Crippen LogP contribution >= 0.6 is 0 Å². The molecule has 0 aromatic rings. The van der Waals surface area contributed by atoms with Gasteiger partial charge in [-0.15, -0.1) is 0 Å². The summed E-state index contributed by atoms with van der Waals surface area (Å²) in [5, 5.41) is 9.92. The molecular formula is C18H28F3N3O4. The van der Waals surface area contributed by atoms with Gasteiger partial charge in [0.2, 0.25) is 5.91 Å². The second-order valence-electron chi connectivity index (χ2n) is 8.29. The lowest BCUT2D eigenvalue weighted by atomic mass is 9.83. The Labute approximate surface area is 162 Å². The van der Waals surface area contributed by atoms with E-state index in [1.54, 1.807) is 7.05 Å². The number of carbonyl (C=O) groups excluding carboxylic acids is 1. The molecule has 4 aliphatic rings. The van der Waals surface area contributed by atoms with Crippen molar-refractivity contribution in [2.45, 2.75) is 56.0 Å². The Morgan fingerprint density at radius 1 is 1.18 bits per heavy atom. The van der Waals surface area contributed by atoms with Crippen molar-refractivity contribution >= 4 is 11.9 Å². The van der Waals surface area contributed by atoms with Crippen LogP contribution in [0.3, 0.4) is 0 Å². The minimum atomic E-state index is -5.08. The van der Waals surface area contributed by atoms with E-state index in [0.717, 1.165) is 38.1 Å². The van der Waals surface area contributed by atoms with Crippen molar-refractivity contribution in [3.05, 3.63) is 0 Å². The maximum absolute atomic E-state index is 12.1. The Bertz CT molecular complexity index is 587. The third-order valence-corrected chi connectivity index (χ3v) is 6.03. The number of ether oxygens (including phenoxy) is 1. The Morgan fingerprint density at radius 2 is 1.79 bits per heavy atom. The van der Waals surface area contributed by atoms with E-state index in [0.29, 0.717) is 6.61 Å². The average Bonchev–Trinajstić information content (AvgIpc) is 3.35. The average molecular weight is 407 g/mol. The predicted octanol–water partition coefficient (Wildman–Crippen LogP) is 1.08. The molecule has 4 rings (SSSR count). The van der Waals surface area contributed by atoms with E-state index < -0.39 is 12.1 Å². The summed E-state index contributed by atoms with van der Waals surface area (Å²) in [6, 6.07) is 0.728. The van der Waals surface area contributed by atoms with Crippen LogP contribution < -0.4 is 5.32 Å². The van der Waals surface area contributed by atoms with E-state index in [4.69, 9.17) is 14.6 Å². The van der Waals surface area contributed by atoms with Gasteiger partial charge in [-0.05, 0) is 31.6 Å². The van der Waals surface area contributed by atoms with Gasteiger partial charge < -0.3 is 15.2 Å². The monoisotopic (exact) mass is 407 g/mol. The largest absolute Gasteiger partial charge is 0.490 e. The van der Waals surface area contributed by atoms with Crippen LogP contribution in [0.2, 0.25) is 0 Å². The fourth-order valence-corrected chi connectivity index (χ4v) is 4.01. The Kier molecular flexibility index (Phi) is 6.21. The van der Waals surface area contributed by atoms with Crippen molar-refractivity contribution in [2.24, 2.45) is 5.92 Å². The molecule has 2 N–H and O–H groups in total. The molecule has 28 heavy (non-hydrogen) atoms. The number of likely N-dealkylation sites (tertiary alicyclic amines) is 1.